The third-order valence-corrected chi connectivity index (χ3v) is 2.94. The Morgan fingerprint density at radius 1 is 1.36 bits per heavy atom. The Morgan fingerprint density at radius 3 is 2.64 bits per heavy atom. The minimum atomic E-state index is -0.784. The smallest absolute Gasteiger partial charge is 0.354 e. The Labute approximate surface area is 124 Å². The van der Waals surface area contributed by atoms with E-state index in [1.807, 2.05) is 0 Å². The third kappa shape index (κ3) is 2.65. The zero-order chi connectivity index (χ0) is 16.3. The molecule has 2 aromatic heterocycles. The number of methoxy groups -OCH3 is 2. The van der Waals surface area contributed by atoms with Crippen LogP contribution in [-0.4, -0.2) is 30.7 Å². The van der Waals surface area contributed by atoms with E-state index in [0.29, 0.717) is 16.8 Å². The van der Waals surface area contributed by atoms with Crippen molar-refractivity contribution in [2.24, 2.45) is 12.2 Å². The van der Waals surface area contributed by atoms with Gasteiger partial charge in [-0.25, -0.2) is 9.59 Å². The van der Waals surface area contributed by atoms with Gasteiger partial charge in [-0.05, 0) is 23.7 Å². The first-order valence-corrected chi connectivity index (χ1v) is 6.04. The van der Waals surface area contributed by atoms with Crippen molar-refractivity contribution in [1.82, 2.24) is 4.57 Å². The number of esters is 2. The second-order valence-electron chi connectivity index (χ2n) is 4.20. The molecule has 2 rings (SSSR count). The standard InChI is InChI=1S/C13H12N4O5/c1-17-10(13(19)21-3)5-7-4-8(22-11(7)17)6-9(15-16-14)12(18)20-2/h4-6H,1-3H3/b9-6-. The number of fused-ring (bicyclic) bond motifs is 1. The summed E-state index contributed by atoms with van der Waals surface area (Å²) in [5.74, 6) is -0.992. The van der Waals surface area contributed by atoms with E-state index >= 15 is 0 Å². The quantitative estimate of drug-likeness (QED) is 0.282. The zero-order valence-corrected chi connectivity index (χ0v) is 12.1. The molecule has 0 spiro atoms. The van der Waals surface area contributed by atoms with Crippen LogP contribution >= 0.6 is 0 Å². The highest BCUT2D eigenvalue weighted by atomic mass is 16.5. The molecule has 2 aromatic rings. The molecule has 0 aliphatic rings. The van der Waals surface area contributed by atoms with Crippen molar-refractivity contribution >= 4 is 29.1 Å². The van der Waals surface area contributed by atoms with Gasteiger partial charge in [0.05, 0.1) is 14.2 Å². The van der Waals surface area contributed by atoms with Crippen LogP contribution in [0.4, 0.5) is 0 Å². The average Bonchev–Trinajstić information content (AvgIpc) is 3.04. The van der Waals surface area contributed by atoms with Gasteiger partial charge in [-0.3, -0.25) is 0 Å². The molecule has 0 fully saturated rings. The Balaban J connectivity index is 2.48. The number of nitrogens with zero attached hydrogens (tertiary/aromatic N) is 4. The number of ether oxygens (including phenoxy) is 2. The summed E-state index contributed by atoms with van der Waals surface area (Å²) >= 11 is 0. The van der Waals surface area contributed by atoms with Crippen LogP contribution in [0.15, 0.2) is 27.4 Å². The molecule has 9 nitrogen and oxygen atoms in total. The Kier molecular flexibility index (Phi) is 4.19. The molecule has 0 aliphatic carbocycles. The van der Waals surface area contributed by atoms with E-state index in [4.69, 9.17) is 9.95 Å². The molecule has 0 saturated carbocycles. The first kappa shape index (κ1) is 15.2. The molecule has 0 saturated heterocycles. The van der Waals surface area contributed by atoms with Crippen LogP contribution in [0.1, 0.15) is 16.2 Å². The summed E-state index contributed by atoms with van der Waals surface area (Å²) in [4.78, 5) is 25.6. The summed E-state index contributed by atoms with van der Waals surface area (Å²) in [7, 11) is 4.10. The molecule has 0 radical (unpaired) electrons. The third-order valence-electron chi connectivity index (χ3n) is 2.94. The number of hydrogen-bond donors (Lipinski definition) is 0. The molecule has 114 valence electrons. The second-order valence-corrected chi connectivity index (χ2v) is 4.20. The topological polar surface area (TPSA) is 119 Å². The maximum atomic E-state index is 11.6. The van der Waals surface area contributed by atoms with Crippen molar-refractivity contribution in [3.63, 3.8) is 0 Å². The first-order valence-electron chi connectivity index (χ1n) is 6.04. The maximum absolute atomic E-state index is 11.6. The molecule has 9 heteroatoms. The van der Waals surface area contributed by atoms with Gasteiger partial charge in [0.25, 0.3) is 0 Å². The second kappa shape index (κ2) is 6.06. The van der Waals surface area contributed by atoms with Gasteiger partial charge in [-0.15, -0.1) is 0 Å². The maximum Gasteiger partial charge on any atom is 0.354 e. The van der Waals surface area contributed by atoms with Crippen molar-refractivity contribution in [2.45, 2.75) is 0 Å². The van der Waals surface area contributed by atoms with Crippen molar-refractivity contribution in [1.29, 1.82) is 0 Å². The Morgan fingerprint density at radius 2 is 2.09 bits per heavy atom. The summed E-state index contributed by atoms with van der Waals surface area (Å²) in [6.07, 6.45) is 1.25. The number of rotatable bonds is 4. The van der Waals surface area contributed by atoms with Gasteiger partial charge in [-0.1, -0.05) is 5.11 Å². The van der Waals surface area contributed by atoms with E-state index in [0.717, 1.165) is 0 Å². The van der Waals surface area contributed by atoms with E-state index in [9.17, 15) is 9.59 Å². The number of aryl methyl sites for hydroxylation is 1. The number of furan rings is 1. The van der Waals surface area contributed by atoms with E-state index in [1.54, 1.807) is 19.2 Å². The highest BCUT2D eigenvalue weighted by Gasteiger charge is 2.17. The van der Waals surface area contributed by atoms with Gasteiger partial charge in [0, 0.05) is 17.3 Å². The minimum Gasteiger partial charge on any atom is -0.466 e. The molecule has 0 aromatic carbocycles. The van der Waals surface area contributed by atoms with Crippen LogP contribution in [0.3, 0.4) is 0 Å². The molecule has 0 amide bonds. The van der Waals surface area contributed by atoms with Crippen molar-refractivity contribution in [2.75, 3.05) is 14.2 Å². The van der Waals surface area contributed by atoms with Crippen LogP contribution in [0, 0.1) is 0 Å². The van der Waals surface area contributed by atoms with Gasteiger partial charge in [-0.2, -0.15) is 0 Å². The van der Waals surface area contributed by atoms with E-state index < -0.39 is 11.9 Å². The molecular weight excluding hydrogens is 292 g/mol. The first-order chi connectivity index (χ1) is 10.5. The van der Waals surface area contributed by atoms with Gasteiger partial charge < -0.3 is 18.5 Å². The van der Waals surface area contributed by atoms with Crippen LogP contribution < -0.4 is 0 Å². The lowest BCUT2D eigenvalue weighted by atomic mass is 10.3. The lowest BCUT2D eigenvalue weighted by molar-refractivity contribution is -0.136. The van der Waals surface area contributed by atoms with Gasteiger partial charge in [0.2, 0.25) is 5.71 Å². The molecular formula is C13H12N4O5. The number of hydrogen-bond acceptors (Lipinski definition) is 6. The highest BCUT2D eigenvalue weighted by Crippen LogP contribution is 2.25. The van der Waals surface area contributed by atoms with Gasteiger partial charge >= 0.3 is 11.9 Å². The lowest BCUT2D eigenvalue weighted by Crippen LogP contribution is -2.06. The molecule has 0 aliphatic heterocycles. The summed E-state index contributed by atoms with van der Waals surface area (Å²) in [5.41, 5.74) is 8.96. The van der Waals surface area contributed by atoms with Crippen LogP contribution in [0.5, 0.6) is 0 Å². The van der Waals surface area contributed by atoms with Gasteiger partial charge in [0.1, 0.15) is 17.2 Å². The number of aromatic nitrogens is 1. The van der Waals surface area contributed by atoms with E-state index in [-0.39, 0.29) is 11.5 Å². The normalized spacial score (nSPS) is 11.1. The summed E-state index contributed by atoms with van der Waals surface area (Å²) in [6.45, 7) is 0. The lowest BCUT2D eigenvalue weighted by Gasteiger charge is -2.00. The van der Waals surface area contributed by atoms with E-state index in [2.05, 4.69) is 19.5 Å². The fourth-order valence-electron chi connectivity index (χ4n) is 1.92. The molecule has 0 N–H and O–H groups in total. The van der Waals surface area contributed by atoms with Crippen LogP contribution in [0.25, 0.3) is 27.6 Å². The molecule has 0 atom stereocenters. The summed E-state index contributed by atoms with van der Waals surface area (Å²) < 4.78 is 16.2. The molecule has 22 heavy (non-hydrogen) atoms. The van der Waals surface area contributed by atoms with Crippen LogP contribution in [0.2, 0.25) is 0 Å². The minimum absolute atomic E-state index is 0.239. The van der Waals surface area contributed by atoms with Crippen molar-refractivity contribution in [3.8, 4) is 0 Å². The predicted molar refractivity (Wildman–Crippen MR) is 75.7 cm³/mol. The fraction of sp³-hybridized carbons (Fsp3) is 0.231. The average molecular weight is 304 g/mol. The largest absolute Gasteiger partial charge is 0.466 e. The predicted octanol–water partition coefficient (Wildman–Crippen LogP) is 2.38. The fourth-order valence-corrected chi connectivity index (χ4v) is 1.92. The molecule has 0 bridgehead atoms. The van der Waals surface area contributed by atoms with Gasteiger partial charge in [0.15, 0.2) is 0 Å². The number of carbonyl (C=O) groups excluding carboxylic acids is 2. The number of carbonyl (C=O) groups is 2. The molecule has 2 heterocycles. The Hall–Kier alpha value is -3.19. The number of azide groups is 1. The highest BCUT2D eigenvalue weighted by molar-refractivity contribution is 5.96. The van der Waals surface area contributed by atoms with Crippen molar-refractivity contribution in [3.05, 3.63) is 39.7 Å². The summed E-state index contributed by atoms with van der Waals surface area (Å²) in [6, 6.07) is 3.19. The van der Waals surface area contributed by atoms with Crippen LogP contribution in [-0.2, 0) is 21.3 Å². The summed E-state index contributed by atoms with van der Waals surface area (Å²) in [5, 5.41) is 3.89. The zero-order valence-electron chi connectivity index (χ0n) is 12.1. The molecule has 0 unspecified atom stereocenters. The SMILES string of the molecule is COC(=O)/C(=C/c1cc2cc(C(=O)OC)n(C)c2o1)N=[N+]=[N-]. The van der Waals surface area contributed by atoms with E-state index in [1.165, 1.54) is 24.9 Å². The van der Waals surface area contributed by atoms with Crippen molar-refractivity contribution < 1.29 is 23.5 Å². The Bertz CT molecular complexity index is 823. The monoisotopic (exact) mass is 304 g/mol.